The number of amides is 2. The van der Waals surface area contributed by atoms with Crippen LogP contribution in [0.3, 0.4) is 0 Å². The van der Waals surface area contributed by atoms with Gasteiger partial charge in [-0.25, -0.2) is 0 Å². The highest BCUT2D eigenvalue weighted by Crippen LogP contribution is 2.28. The van der Waals surface area contributed by atoms with Crippen molar-refractivity contribution >= 4 is 29.5 Å². The van der Waals surface area contributed by atoms with Crippen molar-refractivity contribution in [1.82, 2.24) is 9.80 Å². The molecule has 2 rings (SSSR count). The molecule has 1 saturated heterocycles. The van der Waals surface area contributed by atoms with Crippen LogP contribution in [0.25, 0.3) is 0 Å². The number of thioether (sulfide) groups is 1. The predicted molar refractivity (Wildman–Crippen MR) is 106 cm³/mol. The van der Waals surface area contributed by atoms with Crippen LogP contribution in [0.4, 0.5) is 0 Å². The molecule has 154 valence electrons. The lowest BCUT2D eigenvalue weighted by atomic mass is 10.1. The summed E-state index contributed by atoms with van der Waals surface area (Å²) in [5.74, 6) is 1.54. The summed E-state index contributed by atoms with van der Waals surface area (Å²) in [5, 5.41) is 0. The highest BCUT2D eigenvalue weighted by Gasteiger charge is 2.25. The number of nitrogens with zero attached hydrogens (tertiary/aromatic N) is 2. The molecule has 8 nitrogen and oxygen atoms in total. The summed E-state index contributed by atoms with van der Waals surface area (Å²) in [6.07, 6.45) is 0.366. The lowest BCUT2D eigenvalue weighted by Gasteiger charge is -2.35. The van der Waals surface area contributed by atoms with Gasteiger partial charge in [-0.1, -0.05) is 0 Å². The Kier molecular flexibility index (Phi) is 8.43. The highest BCUT2D eigenvalue weighted by molar-refractivity contribution is 7.99. The summed E-state index contributed by atoms with van der Waals surface area (Å²) < 4.78 is 15.0. The van der Waals surface area contributed by atoms with Crippen LogP contribution in [-0.2, 0) is 14.3 Å². The fourth-order valence-corrected chi connectivity index (χ4v) is 3.59. The molecule has 0 unspecified atom stereocenters. The van der Waals surface area contributed by atoms with Crippen LogP contribution in [0, 0.1) is 0 Å². The van der Waals surface area contributed by atoms with E-state index in [1.165, 1.54) is 26.0 Å². The number of hydrogen-bond donors (Lipinski definition) is 0. The Morgan fingerprint density at radius 2 is 1.61 bits per heavy atom. The van der Waals surface area contributed by atoms with Crippen LogP contribution in [-0.4, -0.2) is 86.6 Å². The number of hydrogen-bond acceptors (Lipinski definition) is 7. The Morgan fingerprint density at radius 1 is 0.964 bits per heavy atom. The molecule has 0 N–H and O–H groups in total. The van der Waals surface area contributed by atoms with Crippen molar-refractivity contribution < 1.29 is 28.6 Å². The highest BCUT2D eigenvalue weighted by atomic mass is 32.2. The maximum Gasteiger partial charge on any atom is 0.315 e. The number of piperazine rings is 1. The van der Waals surface area contributed by atoms with Gasteiger partial charge in [0.1, 0.15) is 0 Å². The molecule has 0 saturated carbocycles. The molecule has 2 amide bonds. The molecule has 0 radical (unpaired) electrons. The van der Waals surface area contributed by atoms with Gasteiger partial charge in [0, 0.05) is 43.9 Å². The Balaban J connectivity index is 1.82. The monoisotopic (exact) mass is 410 g/mol. The van der Waals surface area contributed by atoms with Crippen molar-refractivity contribution in [2.75, 3.05) is 59.0 Å². The molecule has 0 atom stereocenters. The zero-order valence-electron chi connectivity index (χ0n) is 16.4. The fourth-order valence-electron chi connectivity index (χ4n) is 2.84. The number of benzene rings is 1. The van der Waals surface area contributed by atoms with Crippen molar-refractivity contribution in [2.45, 2.75) is 6.42 Å². The van der Waals surface area contributed by atoms with Crippen molar-refractivity contribution in [2.24, 2.45) is 0 Å². The van der Waals surface area contributed by atoms with Crippen molar-refractivity contribution in [3.05, 3.63) is 23.8 Å². The second-order valence-electron chi connectivity index (χ2n) is 6.12. The zero-order valence-corrected chi connectivity index (χ0v) is 17.3. The third-order valence-electron chi connectivity index (χ3n) is 4.46. The van der Waals surface area contributed by atoms with Gasteiger partial charge in [-0.15, -0.1) is 11.8 Å². The van der Waals surface area contributed by atoms with E-state index in [1.807, 2.05) is 0 Å². The number of carbonyl (C=O) groups is 3. The number of methoxy groups -OCH3 is 3. The minimum absolute atomic E-state index is 0.0376. The van der Waals surface area contributed by atoms with E-state index < -0.39 is 0 Å². The van der Waals surface area contributed by atoms with Gasteiger partial charge >= 0.3 is 5.97 Å². The smallest absolute Gasteiger partial charge is 0.315 e. The SMILES string of the molecule is COC(=O)CSCCC(=O)N1CCN(C(=O)c2ccc(OC)c(OC)c2)CC1. The van der Waals surface area contributed by atoms with Crippen molar-refractivity contribution in [3.8, 4) is 11.5 Å². The minimum atomic E-state index is -0.292. The van der Waals surface area contributed by atoms with Crippen LogP contribution in [0.15, 0.2) is 18.2 Å². The fraction of sp³-hybridized carbons (Fsp3) is 0.526. The van der Waals surface area contributed by atoms with Crippen LogP contribution in [0.1, 0.15) is 16.8 Å². The summed E-state index contributed by atoms with van der Waals surface area (Å²) in [7, 11) is 4.42. The molecule has 0 spiro atoms. The molecule has 1 aromatic carbocycles. The van der Waals surface area contributed by atoms with Gasteiger partial charge in [-0.3, -0.25) is 14.4 Å². The van der Waals surface area contributed by atoms with Gasteiger partial charge in [0.25, 0.3) is 5.91 Å². The average Bonchev–Trinajstić information content (AvgIpc) is 2.75. The molecule has 1 aliphatic rings. The topological polar surface area (TPSA) is 85.4 Å². The summed E-state index contributed by atoms with van der Waals surface area (Å²) in [6.45, 7) is 1.96. The summed E-state index contributed by atoms with van der Waals surface area (Å²) >= 11 is 1.38. The maximum atomic E-state index is 12.7. The second-order valence-corrected chi connectivity index (χ2v) is 7.23. The van der Waals surface area contributed by atoms with Gasteiger partial charge in [0.2, 0.25) is 5.91 Å². The quantitative estimate of drug-likeness (QED) is 0.471. The van der Waals surface area contributed by atoms with E-state index in [0.29, 0.717) is 55.4 Å². The van der Waals surface area contributed by atoms with E-state index in [9.17, 15) is 14.4 Å². The van der Waals surface area contributed by atoms with E-state index >= 15 is 0 Å². The van der Waals surface area contributed by atoms with Gasteiger partial charge < -0.3 is 24.0 Å². The summed E-state index contributed by atoms with van der Waals surface area (Å²) in [4.78, 5) is 39.6. The number of rotatable bonds is 8. The van der Waals surface area contributed by atoms with Gasteiger partial charge in [0.05, 0.1) is 27.1 Å². The molecule has 0 aliphatic carbocycles. The van der Waals surface area contributed by atoms with E-state index in [-0.39, 0.29) is 23.5 Å². The van der Waals surface area contributed by atoms with Gasteiger partial charge in [0.15, 0.2) is 11.5 Å². The Bertz CT molecular complexity index is 704. The lowest BCUT2D eigenvalue weighted by molar-refractivity contribution is -0.137. The number of esters is 1. The van der Waals surface area contributed by atoms with Crippen LogP contribution in [0.2, 0.25) is 0 Å². The van der Waals surface area contributed by atoms with E-state index in [0.717, 1.165) is 0 Å². The standard InChI is InChI=1S/C19H26N2O6S/c1-25-15-5-4-14(12-16(15)26-2)19(24)21-9-7-20(8-10-21)17(22)6-11-28-13-18(23)27-3/h4-5,12H,6-11,13H2,1-3H3. The molecule has 1 aliphatic heterocycles. The Hall–Kier alpha value is -2.42. The molecule has 28 heavy (non-hydrogen) atoms. The van der Waals surface area contributed by atoms with Crippen LogP contribution >= 0.6 is 11.8 Å². The molecular formula is C19H26N2O6S. The summed E-state index contributed by atoms with van der Waals surface area (Å²) in [6, 6.07) is 5.08. The normalized spacial score (nSPS) is 13.8. The first-order chi connectivity index (χ1) is 13.5. The Labute approximate surface area is 169 Å². The first kappa shape index (κ1) is 21.9. The first-order valence-electron chi connectivity index (χ1n) is 8.93. The summed E-state index contributed by atoms with van der Waals surface area (Å²) in [5.41, 5.74) is 0.525. The van der Waals surface area contributed by atoms with Gasteiger partial charge in [-0.05, 0) is 18.2 Å². The van der Waals surface area contributed by atoms with Crippen LogP contribution in [0.5, 0.6) is 11.5 Å². The average molecular weight is 410 g/mol. The zero-order chi connectivity index (χ0) is 20.5. The molecule has 9 heteroatoms. The van der Waals surface area contributed by atoms with E-state index in [1.54, 1.807) is 35.1 Å². The molecule has 1 heterocycles. The number of ether oxygens (including phenoxy) is 3. The van der Waals surface area contributed by atoms with Crippen molar-refractivity contribution in [3.63, 3.8) is 0 Å². The Morgan fingerprint density at radius 3 is 2.21 bits per heavy atom. The van der Waals surface area contributed by atoms with Crippen molar-refractivity contribution in [1.29, 1.82) is 0 Å². The molecular weight excluding hydrogens is 384 g/mol. The second kappa shape index (κ2) is 10.8. The first-order valence-corrected chi connectivity index (χ1v) is 10.1. The lowest BCUT2D eigenvalue weighted by Crippen LogP contribution is -2.50. The third kappa shape index (κ3) is 5.79. The third-order valence-corrected chi connectivity index (χ3v) is 5.39. The molecule has 0 aromatic heterocycles. The molecule has 1 fully saturated rings. The molecule has 1 aromatic rings. The maximum absolute atomic E-state index is 12.7. The number of carbonyl (C=O) groups excluding carboxylic acids is 3. The van der Waals surface area contributed by atoms with E-state index in [2.05, 4.69) is 4.74 Å². The minimum Gasteiger partial charge on any atom is -0.493 e. The molecule has 0 bridgehead atoms. The van der Waals surface area contributed by atoms with Crippen LogP contribution < -0.4 is 9.47 Å². The van der Waals surface area contributed by atoms with E-state index in [4.69, 9.17) is 9.47 Å². The largest absolute Gasteiger partial charge is 0.493 e. The van der Waals surface area contributed by atoms with Gasteiger partial charge in [-0.2, -0.15) is 0 Å². The predicted octanol–water partition coefficient (Wildman–Crippen LogP) is 1.28.